The summed E-state index contributed by atoms with van der Waals surface area (Å²) < 4.78 is 9.18. The molecule has 7 aromatic carbocycles. The highest BCUT2D eigenvalue weighted by Gasteiger charge is 2.24. The van der Waals surface area contributed by atoms with Gasteiger partial charge in [0.25, 0.3) is 0 Å². The first-order chi connectivity index (χ1) is 24.4. The first-order valence-electron chi connectivity index (χ1n) is 17.3. The molecule has 0 aliphatic carbocycles. The molecule has 2 heterocycles. The van der Waals surface area contributed by atoms with E-state index in [9.17, 15) is 0 Å². The quantitative estimate of drug-likeness (QED) is 0.182. The molecule has 0 fully saturated rings. The molecule has 0 radical (unpaired) electrons. The molecule has 0 N–H and O–H groups in total. The number of rotatable bonds is 5. The molecular formula is C47H37NOS. The van der Waals surface area contributed by atoms with Crippen LogP contribution >= 0.6 is 11.3 Å². The lowest BCUT2D eigenvalue weighted by Crippen LogP contribution is -2.15. The summed E-state index contributed by atoms with van der Waals surface area (Å²) in [6.45, 7) is 7.45. The molecule has 1 aliphatic rings. The molecular weight excluding hydrogens is 627 g/mol. The lowest BCUT2D eigenvalue weighted by Gasteiger charge is -2.30. The fraction of sp³-hybridized carbons (Fsp3) is 0.106. The second-order valence-corrected chi connectivity index (χ2v) is 15.2. The summed E-state index contributed by atoms with van der Waals surface area (Å²) in [6.07, 6.45) is 0. The molecule has 9 rings (SSSR count). The number of hydrogen-bond donors (Lipinski definition) is 0. The topological polar surface area (TPSA) is 12.5 Å². The smallest absolute Gasteiger partial charge is 0.135 e. The summed E-state index contributed by atoms with van der Waals surface area (Å²) in [5.74, 6) is 0.953. The van der Waals surface area contributed by atoms with Crippen molar-refractivity contribution in [2.75, 3.05) is 4.90 Å². The number of fused-ring (bicyclic) bond motifs is 6. The van der Waals surface area contributed by atoms with Crippen molar-refractivity contribution in [2.24, 2.45) is 0 Å². The maximum Gasteiger partial charge on any atom is 0.135 e. The van der Waals surface area contributed by atoms with Gasteiger partial charge in [0.05, 0.1) is 0 Å². The highest BCUT2D eigenvalue weighted by atomic mass is 32.1. The molecule has 1 aromatic heterocycles. The fourth-order valence-corrected chi connectivity index (χ4v) is 8.55. The van der Waals surface area contributed by atoms with E-state index in [-0.39, 0.29) is 5.41 Å². The van der Waals surface area contributed by atoms with Gasteiger partial charge in [0.2, 0.25) is 0 Å². The van der Waals surface area contributed by atoms with E-state index in [1.165, 1.54) is 48.0 Å². The third kappa shape index (κ3) is 5.26. The minimum absolute atomic E-state index is 0.0673. The molecule has 242 valence electrons. The van der Waals surface area contributed by atoms with E-state index in [1.54, 1.807) is 0 Å². The minimum Gasteiger partial charge on any atom is -0.488 e. The summed E-state index contributed by atoms with van der Waals surface area (Å²) in [6, 6.07) is 57.3. The number of anilines is 3. The zero-order valence-corrected chi connectivity index (χ0v) is 29.3. The van der Waals surface area contributed by atoms with Crippen LogP contribution in [0.1, 0.15) is 31.9 Å². The second-order valence-electron chi connectivity index (χ2n) is 14.1. The van der Waals surface area contributed by atoms with Gasteiger partial charge in [0.15, 0.2) is 0 Å². The Morgan fingerprint density at radius 1 is 0.520 bits per heavy atom. The average molecular weight is 664 g/mol. The molecule has 0 saturated carbocycles. The third-order valence-electron chi connectivity index (χ3n) is 9.90. The lowest BCUT2D eigenvalue weighted by atomic mass is 9.84. The third-order valence-corrected chi connectivity index (χ3v) is 11.1. The predicted molar refractivity (Wildman–Crippen MR) is 213 cm³/mol. The molecule has 3 heteroatoms. The monoisotopic (exact) mass is 663 g/mol. The average Bonchev–Trinajstić information content (AvgIpc) is 3.54. The molecule has 0 atom stereocenters. The van der Waals surface area contributed by atoms with Gasteiger partial charge in [0.1, 0.15) is 12.4 Å². The van der Waals surface area contributed by atoms with E-state index in [4.69, 9.17) is 4.74 Å². The normalized spacial score (nSPS) is 12.4. The van der Waals surface area contributed by atoms with Crippen molar-refractivity contribution >= 4 is 48.6 Å². The zero-order valence-electron chi connectivity index (χ0n) is 28.5. The Balaban J connectivity index is 1.19. The standard InChI is InChI=1S/C47H37NOS/c1-47(2,3)34-27-33(39-18-11-20-42-38-16-8-7-13-32(38)30-49-45(39)42)28-37(29-34)48(35-14-5-4-6-15-35)36-25-23-31(24-26-36)40-19-12-21-43-41-17-9-10-22-44(41)50-46(40)43/h4-29H,30H2,1-3H3. The van der Waals surface area contributed by atoms with Gasteiger partial charge in [-0.3, -0.25) is 0 Å². The first-order valence-corrected chi connectivity index (χ1v) is 18.1. The predicted octanol–water partition coefficient (Wildman–Crippen LogP) is 13.7. The van der Waals surface area contributed by atoms with Crippen LogP contribution in [0.4, 0.5) is 17.1 Å². The van der Waals surface area contributed by atoms with Gasteiger partial charge < -0.3 is 9.64 Å². The van der Waals surface area contributed by atoms with Crippen molar-refractivity contribution in [2.45, 2.75) is 32.8 Å². The number of nitrogens with zero attached hydrogens (tertiary/aromatic N) is 1. The Labute approximate surface area is 297 Å². The maximum absolute atomic E-state index is 6.52. The SMILES string of the molecule is CC(C)(C)c1cc(-c2cccc3c2OCc2ccccc2-3)cc(N(c2ccccc2)c2ccc(-c3cccc4c3sc3ccccc34)cc2)c1. The Kier molecular flexibility index (Phi) is 7.33. The van der Waals surface area contributed by atoms with Crippen molar-refractivity contribution in [3.8, 4) is 39.1 Å². The van der Waals surface area contributed by atoms with E-state index in [0.29, 0.717) is 6.61 Å². The molecule has 0 bridgehead atoms. The summed E-state index contributed by atoms with van der Waals surface area (Å²) in [5.41, 5.74) is 12.9. The van der Waals surface area contributed by atoms with Gasteiger partial charge in [-0.25, -0.2) is 0 Å². The molecule has 0 unspecified atom stereocenters. The Morgan fingerprint density at radius 2 is 1.18 bits per heavy atom. The maximum atomic E-state index is 6.52. The number of para-hydroxylation sites is 2. The van der Waals surface area contributed by atoms with E-state index >= 15 is 0 Å². The van der Waals surface area contributed by atoms with Crippen LogP contribution < -0.4 is 9.64 Å². The van der Waals surface area contributed by atoms with Crippen LogP contribution in [-0.4, -0.2) is 0 Å². The summed E-state index contributed by atoms with van der Waals surface area (Å²) in [5, 5.41) is 2.64. The van der Waals surface area contributed by atoms with Crippen LogP contribution in [0.2, 0.25) is 0 Å². The molecule has 8 aromatic rings. The van der Waals surface area contributed by atoms with Crippen molar-refractivity contribution in [1.29, 1.82) is 0 Å². The van der Waals surface area contributed by atoms with Crippen molar-refractivity contribution in [3.63, 3.8) is 0 Å². The van der Waals surface area contributed by atoms with Gasteiger partial charge in [-0.15, -0.1) is 11.3 Å². The van der Waals surface area contributed by atoms with Crippen LogP contribution in [0.5, 0.6) is 5.75 Å². The van der Waals surface area contributed by atoms with Gasteiger partial charge >= 0.3 is 0 Å². The molecule has 0 saturated heterocycles. The van der Waals surface area contributed by atoms with E-state index in [0.717, 1.165) is 39.5 Å². The van der Waals surface area contributed by atoms with E-state index < -0.39 is 0 Å². The van der Waals surface area contributed by atoms with Crippen LogP contribution in [0.25, 0.3) is 53.6 Å². The van der Waals surface area contributed by atoms with Gasteiger partial charge in [-0.2, -0.15) is 0 Å². The summed E-state index contributed by atoms with van der Waals surface area (Å²) in [4.78, 5) is 2.38. The molecule has 1 aliphatic heterocycles. The van der Waals surface area contributed by atoms with Crippen LogP contribution in [0.3, 0.4) is 0 Å². The molecule has 0 amide bonds. The minimum atomic E-state index is -0.0673. The fourth-order valence-electron chi connectivity index (χ4n) is 7.31. The first kappa shape index (κ1) is 30.4. The lowest BCUT2D eigenvalue weighted by molar-refractivity contribution is 0.303. The number of ether oxygens (including phenoxy) is 1. The Bertz CT molecular complexity index is 2520. The molecule has 0 spiro atoms. The van der Waals surface area contributed by atoms with Crippen molar-refractivity contribution in [3.05, 3.63) is 169 Å². The Hall–Kier alpha value is -5.64. The van der Waals surface area contributed by atoms with Gasteiger partial charge in [-0.1, -0.05) is 136 Å². The second kappa shape index (κ2) is 12.0. The van der Waals surface area contributed by atoms with Crippen LogP contribution in [0.15, 0.2) is 158 Å². The Morgan fingerprint density at radius 3 is 2.02 bits per heavy atom. The van der Waals surface area contributed by atoms with Crippen molar-refractivity contribution < 1.29 is 4.74 Å². The summed E-state index contributed by atoms with van der Waals surface area (Å²) in [7, 11) is 0. The summed E-state index contributed by atoms with van der Waals surface area (Å²) >= 11 is 1.88. The number of benzene rings is 7. The van der Waals surface area contributed by atoms with Gasteiger partial charge in [0, 0.05) is 48.4 Å². The van der Waals surface area contributed by atoms with E-state index in [2.05, 4.69) is 183 Å². The van der Waals surface area contributed by atoms with Crippen LogP contribution in [-0.2, 0) is 12.0 Å². The van der Waals surface area contributed by atoms with Gasteiger partial charge in [-0.05, 0) is 81.3 Å². The van der Waals surface area contributed by atoms with Crippen LogP contribution in [0, 0.1) is 0 Å². The molecule has 2 nitrogen and oxygen atoms in total. The number of hydrogen-bond acceptors (Lipinski definition) is 3. The van der Waals surface area contributed by atoms with Crippen molar-refractivity contribution in [1.82, 2.24) is 0 Å². The highest BCUT2D eigenvalue weighted by molar-refractivity contribution is 7.26. The molecule has 50 heavy (non-hydrogen) atoms. The zero-order chi connectivity index (χ0) is 33.8. The largest absolute Gasteiger partial charge is 0.488 e. The highest BCUT2D eigenvalue weighted by Crippen LogP contribution is 2.47. The number of thiophene rings is 1. The van der Waals surface area contributed by atoms with E-state index in [1.807, 2.05) is 11.3 Å².